The molecular weight excluding hydrogens is 265 g/mol. The number of esters is 1. The number of hydrogen-bond acceptors (Lipinski definition) is 4. The van der Waals surface area contributed by atoms with E-state index in [9.17, 15) is 9.18 Å². The molecule has 0 N–H and O–H groups in total. The Balaban J connectivity index is 2.05. The molecule has 19 heavy (non-hydrogen) atoms. The Hall–Kier alpha value is -1.07. The topological polar surface area (TPSA) is 29.5 Å². The fourth-order valence-electron chi connectivity index (χ4n) is 2.22. The van der Waals surface area contributed by atoms with E-state index in [2.05, 4.69) is 16.6 Å². The molecule has 1 aromatic carbocycles. The summed E-state index contributed by atoms with van der Waals surface area (Å²) in [5, 5.41) is 0.618. The molecule has 1 aliphatic heterocycles. The van der Waals surface area contributed by atoms with Crippen LogP contribution in [-0.4, -0.2) is 42.1 Å². The van der Waals surface area contributed by atoms with Gasteiger partial charge in [0.25, 0.3) is 0 Å². The molecule has 0 radical (unpaired) electrons. The molecule has 1 unspecified atom stereocenters. The minimum absolute atomic E-state index is 0.00572. The maximum absolute atomic E-state index is 13.8. The van der Waals surface area contributed by atoms with Gasteiger partial charge in [0.1, 0.15) is 5.82 Å². The Morgan fingerprint density at radius 3 is 3.00 bits per heavy atom. The molecule has 0 bridgehead atoms. The lowest BCUT2D eigenvalue weighted by atomic mass is 10.1. The average molecular weight is 283 g/mol. The van der Waals surface area contributed by atoms with Crippen molar-refractivity contribution in [2.45, 2.75) is 18.7 Å². The van der Waals surface area contributed by atoms with Gasteiger partial charge in [-0.05, 0) is 17.7 Å². The molecule has 104 valence electrons. The van der Waals surface area contributed by atoms with E-state index in [0.717, 1.165) is 31.0 Å². The first-order valence-corrected chi connectivity index (χ1v) is 7.35. The number of rotatable bonds is 3. The first-order valence-electron chi connectivity index (χ1n) is 6.31. The van der Waals surface area contributed by atoms with Gasteiger partial charge in [-0.25, -0.2) is 9.18 Å². The molecule has 1 aromatic rings. The van der Waals surface area contributed by atoms with E-state index in [1.165, 1.54) is 19.2 Å². The lowest BCUT2D eigenvalue weighted by Crippen LogP contribution is -2.36. The molecule has 1 fully saturated rings. The van der Waals surface area contributed by atoms with Crippen LogP contribution in [0.25, 0.3) is 0 Å². The minimum atomic E-state index is -0.632. The predicted octanol–water partition coefficient (Wildman–Crippen LogP) is 2.55. The van der Waals surface area contributed by atoms with Crippen molar-refractivity contribution in [3.8, 4) is 0 Å². The fraction of sp³-hybridized carbons (Fsp3) is 0.500. The van der Waals surface area contributed by atoms with Crippen molar-refractivity contribution in [1.82, 2.24) is 4.90 Å². The van der Waals surface area contributed by atoms with Crippen LogP contribution in [0.2, 0.25) is 0 Å². The third-order valence-corrected chi connectivity index (χ3v) is 4.31. The molecule has 1 saturated heterocycles. The summed E-state index contributed by atoms with van der Waals surface area (Å²) in [4.78, 5) is 13.6. The lowest BCUT2D eigenvalue weighted by molar-refractivity contribution is 0.0595. The second kappa shape index (κ2) is 6.39. The van der Waals surface area contributed by atoms with Crippen molar-refractivity contribution in [3.05, 3.63) is 35.1 Å². The molecule has 1 heterocycles. The standard InChI is InChI=1S/C14H18FNO2S/c1-10-8-16(5-6-19-10)9-11-3-4-12(13(15)7-11)14(17)18-2/h3-4,7,10H,5-6,8-9H2,1-2H3. The Labute approximate surface area is 117 Å². The van der Waals surface area contributed by atoms with Crippen molar-refractivity contribution in [3.63, 3.8) is 0 Å². The van der Waals surface area contributed by atoms with Crippen molar-refractivity contribution in [1.29, 1.82) is 0 Å². The molecule has 0 aromatic heterocycles. The van der Waals surface area contributed by atoms with Crippen molar-refractivity contribution in [2.24, 2.45) is 0 Å². The molecule has 1 aliphatic rings. The van der Waals surface area contributed by atoms with Crippen LogP contribution >= 0.6 is 11.8 Å². The second-order valence-electron chi connectivity index (χ2n) is 4.72. The van der Waals surface area contributed by atoms with Gasteiger partial charge in [0, 0.05) is 30.6 Å². The van der Waals surface area contributed by atoms with Crippen LogP contribution in [0.15, 0.2) is 18.2 Å². The minimum Gasteiger partial charge on any atom is -0.465 e. The van der Waals surface area contributed by atoms with E-state index in [1.807, 2.05) is 11.8 Å². The summed E-state index contributed by atoms with van der Waals surface area (Å²) in [6.45, 7) is 4.97. The summed E-state index contributed by atoms with van der Waals surface area (Å²) in [5.41, 5.74) is 0.887. The number of benzene rings is 1. The van der Waals surface area contributed by atoms with Crippen molar-refractivity contribution < 1.29 is 13.9 Å². The third kappa shape index (κ3) is 3.70. The van der Waals surface area contributed by atoms with Gasteiger partial charge in [-0.1, -0.05) is 13.0 Å². The summed E-state index contributed by atoms with van der Waals surface area (Å²) in [6.07, 6.45) is 0. The van der Waals surface area contributed by atoms with E-state index < -0.39 is 11.8 Å². The highest BCUT2D eigenvalue weighted by Crippen LogP contribution is 2.20. The Morgan fingerprint density at radius 2 is 2.37 bits per heavy atom. The smallest absolute Gasteiger partial charge is 0.340 e. The zero-order chi connectivity index (χ0) is 13.8. The molecule has 0 amide bonds. The SMILES string of the molecule is COC(=O)c1ccc(CN2CCSC(C)C2)cc1F. The van der Waals surface area contributed by atoms with E-state index in [1.54, 1.807) is 6.07 Å². The normalized spacial score (nSPS) is 20.3. The van der Waals surface area contributed by atoms with Crippen LogP contribution in [0.1, 0.15) is 22.8 Å². The summed E-state index contributed by atoms with van der Waals surface area (Å²) in [7, 11) is 1.25. The highest BCUT2D eigenvalue weighted by atomic mass is 32.2. The second-order valence-corrected chi connectivity index (χ2v) is 6.27. The highest BCUT2D eigenvalue weighted by Gasteiger charge is 2.18. The van der Waals surface area contributed by atoms with Crippen LogP contribution in [0.4, 0.5) is 4.39 Å². The molecule has 0 aliphatic carbocycles. The Morgan fingerprint density at radius 1 is 1.58 bits per heavy atom. The number of carbonyl (C=O) groups is 1. The predicted molar refractivity (Wildman–Crippen MR) is 74.9 cm³/mol. The zero-order valence-electron chi connectivity index (χ0n) is 11.2. The van der Waals surface area contributed by atoms with Crippen LogP contribution in [0.3, 0.4) is 0 Å². The van der Waals surface area contributed by atoms with Crippen LogP contribution < -0.4 is 0 Å². The molecule has 5 heteroatoms. The fourth-order valence-corrected chi connectivity index (χ4v) is 3.31. The number of carbonyl (C=O) groups excluding carboxylic acids is 1. The van der Waals surface area contributed by atoms with Gasteiger partial charge in [-0.3, -0.25) is 4.90 Å². The number of ether oxygens (including phenoxy) is 1. The number of methoxy groups -OCH3 is 1. The zero-order valence-corrected chi connectivity index (χ0v) is 12.0. The van der Waals surface area contributed by atoms with Gasteiger partial charge in [0.05, 0.1) is 12.7 Å². The van der Waals surface area contributed by atoms with Gasteiger partial charge in [0.2, 0.25) is 0 Å². The molecule has 0 spiro atoms. The van der Waals surface area contributed by atoms with E-state index in [4.69, 9.17) is 0 Å². The molecule has 0 saturated carbocycles. The summed E-state index contributed by atoms with van der Waals surface area (Å²) < 4.78 is 18.3. The van der Waals surface area contributed by atoms with E-state index >= 15 is 0 Å². The molecule has 1 atom stereocenters. The van der Waals surface area contributed by atoms with Gasteiger partial charge in [0.15, 0.2) is 0 Å². The van der Waals surface area contributed by atoms with Crippen LogP contribution in [-0.2, 0) is 11.3 Å². The highest BCUT2D eigenvalue weighted by molar-refractivity contribution is 7.99. The average Bonchev–Trinajstić information content (AvgIpc) is 2.38. The monoisotopic (exact) mass is 283 g/mol. The Kier molecular flexibility index (Phi) is 4.82. The molecular formula is C14H18FNO2S. The van der Waals surface area contributed by atoms with Crippen molar-refractivity contribution in [2.75, 3.05) is 26.0 Å². The van der Waals surface area contributed by atoms with Gasteiger partial charge >= 0.3 is 5.97 Å². The third-order valence-electron chi connectivity index (χ3n) is 3.17. The van der Waals surface area contributed by atoms with Crippen molar-refractivity contribution >= 4 is 17.7 Å². The first-order chi connectivity index (χ1) is 9.10. The van der Waals surface area contributed by atoms with Crippen LogP contribution in [0.5, 0.6) is 0 Å². The van der Waals surface area contributed by atoms with Gasteiger partial charge in [-0.15, -0.1) is 0 Å². The maximum atomic E-state index is 13.8. The molecule has 3 nitrogen and oxygen atoms in total. The van der Waals surface area contributed by atoms with E-state index in [-0.39, 0.29) is 5.56 Å². The van der Waals surface area contributed by atoms with Crippen LogP contribution in [0, 0.1) is 5.82 Å². The largest absolute Gasteiger partial charge is 0.465 e. The quantitative estimate of drug-likeness (QED) is 0.797. The number of thioether (sulfide) groups is 1. The van der Waals surface area contributed by atoms with Gasteiger partial charge < -0.3 is 4.74 Å². The maximum Gasteiger partial charge on any atom is 0.340 e. The first kappa shape index (κ1) is 14.3. The number of halogens is 1. The summed E-state index contributed by atoms with van der Waals surface area (Å²) in [5.74, 6) is -0.0278. The summed E-state index contributed by atoms with van der Waals surface area (Å²) >= 11 is 1.97. The van der Waals surface area contributed by atoms with Gasteiger partial charge in [-0.2, -0.15) is 11.8 Å². The number of nitrogens with zero attached hydrogens (tertiary/aromatic N) is 1. The lowest BCUT2D eigenvalue weighted by Gasteiger charge is -2.30. The number of hydrogen-bond donors (Lipinski definition) is 0. The Bertz CT molecular complexity index is 467. The van der Waals surface area contributed by atoms with E-state index in [0.29, 0.717) is 5.25 Å². The summed E-state index contributed by atoms with van der Waals surface area (Å²) in [6, 6.07) is 4.72. The molecule has 2 rings (SSSR count).